The summed E-state index contributed by atoms with van der Waals surface area (Å²) in [5.41, 5.74) is 2.57. The number of hydrogen-bond donors (Lipinski definition) is 0. The Balaban J connectivity index is 0.000000686. The average Bonchev–Trinajstić information content (AvgIpc) is 3.74. The van der Waals surface area contributed by atoms with Crippen LogP contribution in [0.15, 0.2) is 65.8 Å². The molecule has 0 amide bonds. The fraction of sp³-hybridized carbons (Fsp3) is 0.281. The molecule has 1 saturated heterocycles. The molecule has 0 N–H and O–H groups in total. The normalized spacial score (nSPS) is 20.8. The van der Waals surface area contributed by atoms with Gasteiger partial charge < -0.3 is 4.74 Å². The smallest absolute Gasteiger partial charge is 0.382 e. The van der Waals surface area contributed by atoms with Crippen LogP contribution >= 0.6 is 19.7 Å². The molecule has 1 heterocycles. The summed E-state index contributed by atoms with van der Waals surface area (Å²) in [6, 6.07) is 22.2. The van der Waals surface area contributed by atoms with E-state index in [0.29, 0.717) is 11.3 Å². The van der Waals surface area contributed by atoms with Crippen LogP contribution in [0.4, 0.5) is 0 Å². The standard InChI is InChI=1S/C27H32N2OPS.C5H5.B.Fe/c1-21(32-3)27(28-29-19-11-12-22(29)20-30-2)25-17-10-18-26(25)31(23-13-6-4-7-14-23)24-15-8-5-9-16-24;1-2-4-5-3-1;;/h4-10,13-18,21-22H,11-12,19-20H2,1-3H3;1-5H;;/q;;;+2/b28-27+;;;/t21-,22+;;;/m1.../s1. The van der Waals surface area contributed by atoms with E-state index in [1.165, 1.54) is 34.3 Å². The predicted octanol–water partition coefficient (Wildman–Crippen LogP) is 5.71. The number of thioether (sulfide) groups is 1. The van der Waals surface area contributed by atoms with Gasteiger partial charge in [-0.15, -0.1) is 0 Å². The minimum Gasteiger partial charge on any atom is -0.382 e. The Bertz CT molecular complexity index is 903. The van der Waals surface area contributed by atoms with Crippen molar-refractivity contribution in [2.45, 2.75) is 31.1 Å². The van der Waals surface area contributed by atoms with E-state index in [2.05, 4.69) is 98.1 Å². The van der Waals surface area contributed by atoms with E-state index in [1.54, 1.807) is 7.11 Å². The summed E-state index contributed by atoms with van der Waals surface area (Å²) in [6.45, 7) is 4.01. The second-order valence-electron chi connectivity index (χ2n) is 9.07. The first-order valence-electron chi connectivity index (χ1n) is 12.9. The van der Waals surface area contributed by atoms with Crippen molar-refractivity contribution in [3.05, 3.63) is 124 Å². The monoisotopic (exact) mass is 595 g/mol. The Morgan fingerprint density at radius 1 is 0.949 bits per heavy atom. The van der Waals surface area contributed by atoms with E-state index < -0.39 is 7.92 Å². The van der Waals surface area contributed by atoms with Crippen LogP contribution in [0.2, 0.25) is 0 Å². The summed E-state index contributed by atoms with van der Waals surface area (Å²) in [6.07, 6.45) is 21.3. The SMILES string of the molecule is COC[C@@H]1CCCN1/N=C(/[C]1[CH][CH][CH][C]1P(c1ccccc1)c1ccccc1)[C@@H](C)SC.[B].[CH]1[CH][CH][CH][CH]1.[Fe+2]. The van der Waals surface area contributed by atoms with Gasteiger partial charge in [-0.05, 0) is 95.9 Å². The second-order valence-corrected chi connectivity index (χ2v) is 12.4. The Morgan fingerprint density at radius 2 is 1.51 bits per heavy atom. The zero-order valence-corrected chi connectivity index (χ0v) is 25.8. The van der Waals surface area contributed by atoms with Crippen LogP contribution in [0.25, 0.3) is 0 Å². The van der Waals surface area contributed by atoms with Gasteiger partial charge in [0, 0.05) is 38.9 Å². The van der Waals surface area contributed by atoms with Crippen molar-refractivity contribution in [3.63, 3.8) is 0 Å². The molecule has 5 rings (SSSR count). The minimum atomic E-state index is -0.661. The average molecular weight is 595 g/mol. The molecule has 2 saturated carbocycles. The van der Waals surface area contributed by atoms with Gasteiger partial charge in [0.25, 0.3) is 0 Å². The van der Waals surface area contributed by atoms with Crippen molar-refractivity contribution in [3.8, 4) is 0 Å². The summed E-state index contributed by atoms with van der Waals surface area (Å²) in [5.74, 6) is 1.29. The van der Waals surface area contributed by atoms with Gasteiger partial charge in [0.05, 0.1) is 18.4 Å². The topological polar surface area (TPSA) is 24.8 Å². The molecule has 3 fully saturated rings. The molecule has 2 aromatic rings. The Labute approximate surface area is 256 Å². The van der Waals surface area contributed by atoms with E-state index in [9.17, 15) is 0 Å². The maximum atomic E-state index is 5.48. The summed E-state index contributed by atoms with van der Waals surface area (Å²) >= 11 is 1.86. The van der Waals surface area contributed by atoms with E-state index in [1.807, 2.05) is 43.9 Å². The first-order chi connectivity index (χ1) is 18.2. The first-order valence-corrected chi connectivity index (χ1v) is 15.6. The van der Waals surface area contributed by atoms with Gasteiger partial charge in [-0.25, -0.2) is 0 Å². The molecule has 0 aromatic heterocycles. The molecule has 0 spiro atoms. The van der Waals surface area contributed by atoms with Crippen molar-refractivity contribution in [2.75, 3.05) is 26.5 Å². The maximum absolute atomic E-state index is 5.48. The Hall–Kier alpha value is -0.766. The van der Waals surface area contributed by atoms with Gasteiger partial charge in [0.1, 0.15) is 0 Å². The van der Waals surface area contributed by atoms with Gasteiger partial charge in [-0.3, -0.25) is 5.01 Å². The molecule has 2 atom stereocenters. The fourth-order valence-electron chi connectivity index (χ4n) is 4.64. The number of methoxy groups -OCH3 is 1. The van der Waals surface area contributed by atoms with Crippen molar-refractivity contribution >= 4 is 44.4 Å². The van der Waals surface area contributed by atoms with Crippen LogP contribution in [0.1, 0.15) is 19.8 Å². The molecule has 7 heteroatoms. The van der Waals surface area contributed by atoms with Crippen LogP contribution in [0.5, 0.6) is 0 Å². The molecule has 39 heavy (non-hydrogen) atoms. The zero-order valence-electron chi connectivity index (χ0n) is 23.0. The summed E-state index contributed by atoms with van der Waals surface area (Å²) in [4.78, 5) is 0. The molecule has 3 nitrogen and oxygen atoms in total. The third-order valence-corrected chi connectivity index (χ3v) is 10.0. The zero-order chi connectivity index (χ0) is 25.9. The molecule has 0 bridgehead atoms. The fourth-order valence-corrected chi connectivity index (χ4v) is 7.50. The van der Waals surface area contributed by atoms with Crippen LogP contribution < -0.4 is 10.6 Å². The van der Waals surface area contributed by atoms with Gasteiger partial charge in [0.2, 0.25) is 0 Å². The van der Waals surface area contributed by atoms with Crippen LogP contribution in [-0.4, -0.2) is 56.9 Å². The van der Waals surface area contributed by atoms with Crippen molar-refractivity contribution in [2.24, 2.45) is 5.10 Å². The largest absolute Gasteiger partial charge is 2.00 e. The molecule has 3 aliphatic rings. The van der Waals surface area contributed by atoms with E-state index in [-0.39, 0.29) is 25.5 Å². The van der Waals surface area contributed by atoms with Crippen LogP contribution in [-0.2, 0) is 21.8 Å². The Kier molecular flexibility index (Phi) is 16.4. The number of benzene rings is 2. The number of ether oxygens (including phenoxy) is 1. The molecular weight excluding hydrogens is 558 g/mol. The molecule has 0 unspecified atom stereocenters. The molecule has 201 valence electrons. The third kappa shape index (κ3) is 9.64. The maximum Gasteiger partial charge on any atom is 2.00 e. The number of nitrogens with zero attached hydrogens (tertiary/aromatic N) is 2. The van der Waals surface area contributed by atoms with Crippen molar-refractivity contribution in [1.82, 2.24) is 5.01 Å². The first kappa shape index (κ1) is 34.4. The van der Waals surface area contributed by atoms with Gasteiger partial charge in [0.15, 0.2) is 0 Å². The molecule has 13 radical (unpaired) electrons. The van der Waals surface area contributed by atoms with Gasteiger partial charge in [-0.2, -0.15) is 16.9 Å². The van der Waals surface area contributed by atoms with Crippen molar-refractivity contribution < 1.29 is 21.8 Å². The number of rotatable bonds is 9. The van der Waals surface area contributed by atoms with Crippen LogP contribution in [0, 0.1) is 62.9 Å². The summed E-state index contributed by atoms with van der Waals surface area (Å²) in [5, 5.41) is 10.6. The summed E-state index contributed by atoms with van der Waals surface area (Å²) < 4.78 is 5.48. The number of hydrazone groups is 1. The summed E-state index contributed by atoms with van der Waals surface area (Å²) in [7, 11) is 1.12. The quantitative estimate of drug-likeness (QED) is 0.211. The van der Waals surface area contributed by atoms with E-state index >= 15 is 0 Å². The van der Waals surface area contributed by atoms with Gasteiger partial charge in [-0.1, -0.05) is 60.7 Å². The molecule has 1 aliphatic heterocycles. The second kappa shape index (κ2) is 18.6. The Morgan fingerprint density at radius 3 is 2.03 bits per heavy atom. The van der Waals surface area contributed by atoms with Crippen molar-refractivity contribution in [1.29, 1.82) is 0 Å². The predicted molar refractivity (Wildman–Crippen MR) is 168 cm³/mol. The van der Waals surface area contributed by atoms with Crippen LogP contribution in [0.3, 0.4) is 0 Å². The van der Waals surface area contributed by atoms with E-state index in [4.69, 9.17) is 9.84 Å². The minimum absolute atomic E-state index is 0. The van der Waals surface area contributed by atoms with Gasteiger partial charge >= 0.3 is 17.1 Å². The molecular formula is C32H37BFeN2OPS+2. The molecule has 2 aromatic carbocycles. The molecule has 2 aliphatic carbocycles. The number of hydrogen-bond acceptors (Lipinski definition) is 4. The van der Waals surface area contributed by atoms with E-state index in [0.717, 1.165) is 19.6 Å². The third-order valence-electron chi connectivity index (χ3n) is 6.57.